The molecule has 2 rings (SSSR count). The van der Waals surface area contributed by atoms with E-state index in [1.807, 2.05) is 39.0 Å². The molecule has 0 aliphatic carbocycles. The van der Waals surface area contributed by atoms with Crippen LogP contribution in [0, 0.1) is 17.0 Å². The van der Waals surface area contributed by atoms with Gasteiger partial charge in [-0.15, -0.1) is 0 Å². The largest absolute Gasteiger partial charge is 0.450 e. The number of hydrogen-bond acceptors (Lipinski definition) is 5. The third-order valence-corrected chi connectivity index (χ3v) is 4.09. The van der Waals surface area contributed by atoms with Crippen LogP contribution in [-0.4, -0.2) is 23.3 Å². The lowest BCUT2D eigenvalue weighted by Crippen LogP contribution is -2.28. The highest BCUT2D eigenvalue weighted by atomic mass is 32.1. The van der Waals surface area contributed by atoms with Crippen molar-refractivity contribution in [3.8, 4) is 11.5 Å². The van der Waals surface area contributed by atoms with E-state index in [-0.39, 0.29) is 17.4 Å². The molecule has 2 N–H and O–H groups in total. The van der Waals surface area contributed by atoms with E-state index in [4.69, 9.17) is 17.0 Å². The molecule has 0 heterocycles. The van der Waals surface area contributed by atoms with Crippen LogP contribution in [0.3, 0.4) is 0 Å². The zero-order valence-electron chi connectivity index (χ0n) is 15.6. The number of nitro groups is 1. The summed E-state index contributed by atoms with van der Waals surface area (Å²) in [5.74, 6) is 1.03. The van der Waals surface area contributed by atoms with Gasteiger partial charge in [-0.05, 0) is 54.4 Å². The van der Waals surface area contributed by atoms with E-state index in [0.717, 1.165) is 11.1 Å². The number of nitrogens with zero attached hydrogens (tertiary/aromatic N) is 2. The molecule has 0 aliphatic heterocycles. The molecule has 0 aromatic heterocycles. The van der Waals surface area contributed by atoms with Gasteiger partial charge in [0.1, 0.15) is 5.75 Å². The van der Waals surface area contributed by atoms with E-state index in [9.17, 15) is 10.1 Å². The van der Waals surface area contributed by atoms with Crippen LogP contribution in [0.4, 0.5) is 5.69 Å². The summed E-state index contributed by atoms with van der Waals surface area (Å²) in [4.78, 5) is 11.0. The summed E-state index contributed by atoms with van der Waals surface area (Å²) in [5.41, 5.74) is 5.03. The second kappa shape index (κ2) is 9.09. The quantitative estimate of drug-likeness (QED) is 0.334. The molecule has 2 aromatic rings. The molecule has 7 nitrogen and oxygen atoms in total. The molecule has 142 valence electrons. The van der Waals surface area contributed by atoms with Crippen LogP contribution >= 0.6 is 12.2 Å². The van der Waals surface area contributed by atoms with E-state index < -0.39 is 4.92 Å². The summed E-state index contributed by atoms with van der Waals surface area (Å²) >= 11 is 4.91. The van der Waals surface area contributed by atoms with Crippen molar-refractivity contribution in [1.29, 1.82) is 0 Å². The summed E-state index contributed by atoms with van der Waals surface area (Å²) in [6.45, 7) is 6.05. The molecule has 0 saturated heterocycles. The Balaban J connectivity index is 2.34. The molecule has 0 unspecified atom stereocenters. The number of ether oxygens (including phenoxy) is 1. The molecule has 0 atom stereocenters. The monoisotopic (exact) mass is 386 g/mol. The maximum Gasteiger partial charge on any atom is 0.312 e. The first-order valence-corrected chi connectivity index (χ1v) is 8.80. The van der Waals surface area contributed by atoms with Crippen LogP contribution in [0.15, 0.2) is 41.5 Å². The summed E-state index contributed by atoms with van der Waals surface area (Å²) in [5, 5.41) is 18.5. The maximum absolute atomic E-state index is 11.5. The van der Waals surface area contributed by atoms with E-state index in [2.05, 4.69) is 15.8 Å². The minimum absolute atomic E-state index is 0.133. The Bertz CT molecular complexity index is 881. The Morgan fingerprint density at radius 1 is 1.26 bits per heavy atom. The molecule has 0 amide bonds. The lowest BCUT2D eigenvalue weighted by molar-refractivity contribution is -0.385. The number of thiocarbonyl (C=S) groups is 1. The fourth-order valence-electron chi connectivity index (χ4n) is 2.39. The van der Waals surface area contributed by atoms with Gasteiger partial charge in [0.2, 0.25) is 5.75 Å². The first-order valence-electron chi connectivity index (χ1n) is 8.39. The smallest absolute Gasteiger partial charge is 0.312 e. The van der Waals surface area contributed by atoms with Gasteiger partial charge in [0.15, 0.2) is 5.11 Å². The van der Waals surface area contributed by atoms with E-state index in [1.165, 1.54) is 12.3 Å². The van der Waals surface area contributed by atoms with Gasteiger partial charge >= 0.3 is 5.69 Å². The first kappa shape index (κ1) is 20.3. The van der Waals surface area contributed by atoms with Crippen molar-refractivity contribution in [2.45, 2.75) is 26.7 Å². The second-order valence-electron chi connectivity index (χ2n) is 6.23. The normalized spacial score (nSPS) is 10.9. The molecular weight excluding hydrogens is 364 g/mol. The van der Waals surface area contributed by atoms with Gasteiger partial charge < -0.3 is 10.1 Å². The summed E-state index contributed by atoms with van der Waals surface area (Å²) in [6.07, 6.45) is 1.45. The Kier molecular flexibility index (Phi) is 6.84. The summed E-state index contributed by atoms with van der Waals surface area (Å²) < 4.78 is 5.93. The number of nitrogens with one attached hydrogen (secondary N) is 2. The highest BCUT2D eigenvalue weighted by molar-refractivity contribution is 7.80. The number of aryl methyl sites for hydroxylation is 1. The van der Waals surface area contributed by atoms with Crippen molar-refractivity contribution >= 4 is 29.2 Å². The Labute approximate surface area is 163 Å². The lowest BCUT2D eigenvalue weighted by atomic mass is 10.0. The average molecular weight is 386 g/mol. The SMILES string of the molecule is CNC(=S)N/N=C\c1ccc(Oc2cc(C)ccc2C(C)C)c([N+](=O)[O-])c1. The van der Waals surface area contributed by atoms with Gasteiger partial charge in [-0.1, -0.05) is 26.0 Å². The van der Waals surface area contributed by atoms with Crippen LogP contribution in [0.5, 0.6) is 11.5 Å². The van der Waals surface area contributed by atoms with Gasteiger partial charge in [-0.3, -0.25) is 15.5 Å². The predicted octanol–water partition coefficient (Wildman–Crippen LogP) is 4.25. The van der Waals surface area contributed by atoms with E-state index in [1.54, 1.807) is 19.2 Å². The molecule has 2 aromatic carbocycles. The molecule has 27 heavy (non-hydrogen) atoms. The first-order chi connectivity index (χ1) is 12.8. The Morgan fingerprint density at radius 3 is 2.63 bits per heavy atom. The second-order valence-corrected chi connectivity index (χ2v) is 6.64. The van der Waals surface area contributed by atoms with Crippen molar-refractivity contribution in [2.75, 3.05) is 7.05 Å². The summed E-state index contributed by atoms with van der Waals surface area (Å²) in [7, 11) is 1.67. The zero-order valence-corrected chi connectivity index (χ0v) is 16.5. The van der Waals surface area contributed by atoms with Gasteiger partial charge in [0.25, 0.3) is 0 Å². The molecule has 0 radical (unpaired) electrons. The molecule has 0 aliphatic rings. The third kappa shape index (κ3) is 5.49. The standard InChI is InChI=1S/C19H22N4O3S/c1-12(2)15-7-5-13(3)9-18(15)26-17-8-6-14(10-16(17)23(24)25)11-21-22-19(27)20-4/h5-12H,1-4H3,(H2,20,22,27)/b21-11-. The van der Waals surface area contributed by atoms with Crippen LogP contribution in [0.25, 0.3) is 0 Å². The van der Waals surface area contributed by atoms with Gasteiger partial charge in [-0.2, -0.15) is 5.10 Å². The minimum atomic E-state index is -0.469. The molecule has 0 fully saturated rings. The van der Waals surface area contributed by atoms with Crippen LogP contribution in [0.2, 0.25) is 0 Å². The fourth-order valence-corrected chi connectivity index (χ4v) is 2.44. The zero-order chi connectivity index (χ0) is 20.0. The molecule has 0 saturated carbocycles. The molecular formula is C19H22N4O3S. The number of hydrazone groups is 1. The number of hydrogen-bond donors (Lipinski definition) is 2. The van der Waals surface area contributed by atoms with Gasteiger partial charge in [0.05, 0.1) is 11.1 Å². The minimum Gasteiger partial charge on any atom is -0.450 e. The van der Waals surface area contributed by atoms with Crippen LogP contribution in [-0.2, 0) is 0 Å². The Hall–Kier alpha value is -3.00. The van der Waals surface area contributed by atoms with Crippen LogP contribution < -0.4 is 15.5 Å². The Morgan fingerprint density at radius 2 is 2.00 bits per heavy atom. The predicted molar refractivity (Wildman–Crippen MR) is 111 cm³/mol. The van der Waals surface area contributed by atoms with E-state index >= 15 is 0 Å². The number of rotatable bonds is 6. The van der Waals surface area contributed by atoms with Crippen molar-refractivity contribution in [1.82, 2.24) is 10.7 Å². The number of benzene rings is 2. The highest BCUT2D eigenvalue weighted by Gasteiger charge is 2.18. The van der Waals surface area contributed by atoms with Crippen molar-refractivity contribution in [3.63, 3.8) is 0 Å². The van der Waals surface area contributed by atoms with Crippen molar-refractivity contribution < 1.29 is 9.66 Å². The third-order valence-electron chi connectivity index (χ3n) is 3.80. The fraction of sp³-hybridized carbons (Fsp3) is 0.263. The lowest BCUT2D eigenvalue weighted by Gasteiger charge is -2.14. The molecule has 8 heteroatoms. The highest BCUT2D eigenvalue weighted by Crippen LogP contribution is 2.36. The summed E-state index contributed by atoms with van der Waals surface area (Å²) in [6, 6.07) is 10.5. The molecule has 0 spiro atoms. The van der Waals surface area contributed by atoms with Crippen molar-refractivity contribution in [3.05, 3.63) is 63.2 Å². The van der Waals surface area contributed by atoms with Gasteiger partial charge in [0, 0.05) is 18.7 Å². The maximum atomic E-state index is 11.5. The van der Waals surface area contributed by atoms with Crippen molar-refractivity contribution in [2.24, 2.45) is 5.10 Å². The van der Waals surface area contributed by atoms with E-state index in [0.29, 0.717) is 16.4 Å². The van der Waals surface area contributed by atoms with Gasteiger partial charge in [-0.25, -0.2) is 0 Å². The number of nitro benzene ring substituents is 1. The molecule has 0 bridgehead atoms. The topological polar surface area (TPSA) is 88.8 Å². The average Bonchev–Trinajstić information content (AvgIpc) is 2.62. The van der Waals surface area contributed by atoms with Crippen LogP contribution in [0.1, 0.15) is 36.5 Å².